The number of carbonyl (C=O) groups excluding carboxylic acids is 1. The standard InChI is InChI=1S/C10H17NO/c1-4-6-9(12)11-8-5-7-10(11,2)3/h4,6H,5,7-8H2,1-3H3. The SMILES string of the molecule is CC=CC(=O)N1CCCC1(C)C. The van der Waals surface area contributed by atoms with Gasteiger partial charge in [-0.25, -0.2) is 0 Å². The Bertz CT molecular complexity index is 206. The summed E-state index contributed by atoms with van der Waals surface area (Å²) in [7, 11) is 0. The van der Waals surface area contributed by atoms with Crippen LogP contribution in [0.25, 0.3) is 0 Å². The molecule has 0 atom stereocenters. The zero-order valence-corrected chi connectivity index (χ0v) is 8.13. The molecule has 1 amide bonds. The van der Waals surface area contributed by atoms with E-state index < -0.39 is 0 Å². The van der Waals surface area contributed by atoms with Gasteiger partial charge in [-0.2, -0.15) is 0 Å². The van der Waals surface area contributed by atoms with Crippen molar-refractivity contribution in [2.24, 2.45) is 0 Å². The summed E-state index contributed by atoms with van der Waals surface area (Å²) in [6.07, 6.45) is 5.70. The minimum atomic E-state index is 0.0661. The molecule has 0 aromatic carbocycles. The van der Waals surface area contributed by atoms with Gasteiger partial charge in [-0.15, -0.1) is 0 Å². The van der Waals surface area contributed by atoms with Crippen LogP contribution in [-0.2, 0) is 4.79 Å². The predicted octanol–water partition coefficient (Wildman–Crippen LogP) is 1.96. The van der Waals surface area contributed by atoms with Gasteiger partial charge in [0, 0.05) is 12.1 Å². The Hall–Kier alpha value is -0.790. The summed E-state index contributed by atoms with van der Waals surface area (Å²) in [6.45, 7) is 7.04. The van der Waals surface area contributed by atoms with Crippen LogP contribution in [0.2, 0.25) is 0 Å². The highest BCUT2D eigenvalue weighted by molar-refractivity contribution is 5.88. The highest BCUT2D eigenvalue weighted by Crippen LogP contribution is 2.28. The van der Waals surface area contributed by atoms with E-state index in [0.29, 0.717) is 0 Å². The Kier molecular flexibility index (Phi) is 2.55. The minimum Gasteiger partial charge on any atom is -0.334 e. The molecule has 1 aliphatic heterocycles. The number of likely N-dealkylation sites (tertiary alicyclic amines) is 1. The van der Waals surface area contributed by atoms with Crippen LogP contribution < -0.4 is 0 Å². The Morgan fingerprint density at radius 3 is 2.58 bits per heavy atom. The maximum absolute atomic E-state index is 11.5. The number of nitrogens with zero attached hydrogens (tertiary/aromatic N) is 1. The Labute approximate surface area is 74.2 Å². The fraction of sp³-hybridized carbons (Fsp3) is 0.700. The van der Waals surface area contributed by atoms with Crippen molar-refractivity contribution in [3.63, 3.8) is 0 Å². The van der Waals surface area contributed by atoms with Crippen LogP contribution in [0.1, 0.15) is 33.6 Å². The summed E-state index contributed by atoms with van der Waals surface area (Å²) >= 11 is 0. The number of carbonyl (C=O) groups is 1. The second-order valence-corrected chi connectivity index (χ2v) is 3.91. The van der Waals surface area contributed by atoms with Gasteiger partial charge in [0.05, 0.1) is 0 Å². The molecule has 68 valence electrons. The highest BCUT2D eigenvalue weighted by atomic mass is 16.2. The zero-order chi connectivity index (χ0) is 9.19. The lowest BCUT2D eigenvalue weighted by Gasteiger charge is -2.30. The summed E-state index contributed by atoms with van der Waals surface area (Å²) < 4.78 is 0. The normalized spacial score (nSPS) is 22.1. The van der Waals surface area contributed by atoms with Gasteiger partial charge in [0.1, 0.15) is 0 Å². The van der Waals surface area contributed by atoms with Crippen molar-refractivity contribution in [2.75, 3.05) is 6.54 Å². The third-order valence-corrected chi connectivity index (χ3v) is 2.48. The molecule has 1 rings (SSSR count). The Morgan fingerprint density at radius 1 is 1.50 bits per heavy atom. The summed E-state index contributed by atoms with van der Waals surface area (Å²) in [5.41, 5.74) is 0.0661. The first-order valence-electron chi connectivity index (χ1n) is 4.52. The highest BCUT2D eigenvalue weighted by Gasteiger charge is 2.33. The molecule has 1 heterocycles. The number of hydrogen-bond acceptors (Lipinski definition) is 1. The average Bonchev–Trinajstić information content (AvgIpc) is 2.30. The lowest BCUT2D eigenvalue weighted by atomic mass is 10.0. The van der Waals surface area contributed by atoms with Gasteiger partial charge in [0.25, 0.3) is 0 Å². The smallest absolute Gasteiger partial charge is 0.246 e. The molecule has 1 fully saturated rings. The van der Waals surface area contributed by atoms with Gasteiger partial charge in [-0.05, 0) is 39.7 Å². The number of hydrogen-bond donors (Lipinski definition) is 0. The first kappa shape index (κ1) is 9.30. The topological polar surface area (TPSA) is 20.3 Å². The molecule has 0 N–H and O–H groups in total. The number of allylic oxidation sites excluding steroid dienone is 1. The molecule has 1 saturated heterocycles. The molecule has 0 radical (unpaired) electrons. The van der Waals surface area contributed by atoms with Crippen LogP contribution >= 0.6 is 0 Å². The van der Waals surface area contributed by atoms with Crippen LogP contribution in [0.3, 0.4) is 0 Å². The zero-order valence-electron chi connectivity index (χ0n) is 8.13. The molecule has 0 aromatic rings. The van der Waals surface area contributed by atoms with E-state index in [1.165, 1.54) is 0 Å². The summed E-state index contributed by atoms with van der Waals surface area (Å²) in [5.74, 6) is 0.153. The molecule has 0 aliphatic carbocycles. The molecular formula is C10H17NO. The number of amides is 1. The quantitative estimate of drug-likeness (QED) is 0.547. The van der Waals surface area contributed by atoms with Crippen molar-refractivity contribution >= 4 is 5.91 Å². The summed E-state index contributed by atoms with van der Waals surface area (Å²) in [6, 6.07) is 0. The molecule has 2 heteroatoms. The molecule has 0 bridgehead atoms. The van der Waals surface area contributed by atoms with Crippen LogP contribution in [0.4, 0.5) is 0 Å². The van der Waals surface area contributed by atoms with E-state index >= 15 is 0 Å². The average molecular weight is 167 g/mol. The second kappa shape index (κ2) is 3.30. The first-order valence-corrected chi connectivity index (χ1v) is 4.52. The minimum absolute atomic E-state index is 0.0661. The summed E-state index contributed by atoms with van der Waals surface area (Å²) in [5, 5.41) is 0. The molecule has 0 unspecified atom stereocenters. The van der Waals surface area contributed by atoms with E-state index in [1.54, 1.807) is 12.2 Å². The Balaban J connectivity index is 2.69. The van der Waals surface area contributed by atoms with Crippen LogP contribution in [0, 0.1) is 0 Å². The van der Waals surface area contributed by atoms with Gasteiger partial charge < -0.3 is 4.90 Å². The van der Waals surface area contributed by atoms with E-state index in [0.717, 1.165) is 19.4 Å². The lowest BCUT2D eigenvalue weighted by Crippen LogP contribution is -2.41. The van der Waals surface area contributed by atoms with Gasteiger partial charge in [-0.3, -0.25) is 4.79 Å². The van der Waals surface area contributed by atoms with E-state index in [1.807, 2.05) is 11.8 Å². The molecule has 12 heavy (non-hydrogen) atoms. The monoisotopic (exact) mass is 167 g/mol. The molecule has 2 nitrogen and oxygen atoms in total. The maximum atomic E-state index is 11.5. The second-order valence-electron chi connectivity index (χ2n) is 3.91. The molecule has 0 saturated carbocycles. The molecule has 0 spiro atoms. The van der Waals surface area contributed by atoms with E-state index in [2.05, 4.69) is 13.8 Å². The van der Waals surface area contributed by atoms with E-state index in [9.17, 15) is 4.79 Å². The number of rotatable bonds is 1. The van der Waals surface area contributed by atoms with Crippen LogP contribution in [-0.4, -0.2) is 22.9 Å². The third-order valence-electron chi connectivity index (χ3n) is 2.48. The largest absolute Gasteiger partial charge is 0.334 e. The van der Waals surface area contributed by atoms with Gasteiger partial charge in [0.15, 0.2) is 0 Å². The molecule has 0 aromatic heterocycles. The first-order chi connectivity index (χ1) is 5.58. The van der Waals surface area contributed by atoms with Crippen molar-refractivity contribution in [1.29, 1.82) is 0 Å². The van der Waals surface area contributed by atoms with Crippen LogP contribution in [0.15, 0.2) is 12.2 Å². The fourth-order valence-electron chi connectivity index (χ4n) is 1.75. The third kappa shape index (κ3) is 1.68. The predicted molar refractivity (Wildman–Crippen MR) is 49.8 cm³/mol. The van der Waals surface area contributed by atoms with Crippen molar-refractivity contribution in [2.45, 2.75) is 39.2 Å². The molecule has 1 aliphatic rings. The summed E-state index contributed by atoms with van der Waals surface area (Å²) in [4.78, 5) is 13.5. The Morgan fingerprint density at radius 2 is 2.17 bits per heavy atom. The van der Waals surface area contributed by atoms with Gasteiger partial charge in [-0.1, -0.05) is 6.08 Å². The van der Waals surface area contributed by atoms with Crippen molar-refractivity contribution in [3.8, 4) is 0 Å². The molecular weight excluding hydrogens is 150 g/mol. The van der Waals surface area contributed by atoms with Crippen LogP contribution in [0.5, 0.6) is 0 Å². The fourth-order valence-corrected chi connectivity index (χ4v) is 1.75. The van der Waals surface area contributed by atoms with Crippen molar-refractivity contribution in [3.05, 3.63) is 12.2 Å². The van der Waals surface area contributed by atoms with Crippen molar-refractivity contribution < 1.29 is 4.79 Å². The lowest BCUT2D eigenvalue weighted by molar-refractivity contribution is -0.128. The van der Waals surface area contributed by atoms with Gasteiger partial charge >= 0.3 is 0 Å². The van der Waals surface area contributed by atoms with Gasteiger partial charge in [0.2, 0.25) is 5.91 Å². The van der Waals surface area contributed by atoms with Crippen molar-refractivity contribution in [1.82, 2.24) is 4.90 Å². The van der Waals surface area contributed by atoms with E-state index in [-0.39, 0.29) is 11.4 Å². The maximum Gasteiger partial charge on any atom is 0.246 e. The van der Waals surface area contributed by atoms with E-state index in [4.69, 9.17) is 0 Å².